The number of carbonyl (C=O) groups excluding carboxylic acids is 2. The lowest BCUT2D eigenvalue weighted by atomic mass is 9.85. The van der Waals surface area contributed by atoms with Crippen LogP contribution in [0.15, 0.2) is 42.5 Å². The largest absolute Gasteiger partial charge is 0.497 e. The zero-order valence-electron chi connectivity index (χ0n) is 29.3. The second kappa shape index (κ2) is 15.3. The molecule has 11 heteroatoms. The van der Waals surface area contributed by atoms with Crippen molar-refractivity contribution < 1.29 is 32.6 Å². The van der Waals surface area contributed by atoms with Gasteiger partial charge in [0.2, 0.25) is 11.6 Å². The summed E-state index contributed by atoms with van der Waals surface area (Å²) in [7, 11) is 6.64. The normalized spacial score (nSPS) is 29.7. The highest BCUT2D eigenvalue weighted by molar-refractivity contribution is 5.88. The van der Waals surface area contributed by atoms with Crippen molar-refractivity contribution in [1.82, 2.24) is 15.1 Å². The third-order valence-electron chi connectivity index (χ3n) is 11.7. The molecule has 2 aromatic rings. The number of methoxy groups -OCH3 is 3. The number of piperidine rings is 1. The number of nitrogens with one attached hydrogen (secondary N) is 1. The minimum Gasteiger partial charge on any atom is -0.497 e. The monoisotopic (exact) mass is 682 g/mol. The van der Waals surface area contributed by atoms with Gasteiger partial charge >= 0.3 is 0 Å². The highest BCUT2D eigenvalue weighted by atomic mass is 19.1. The van der Waals surface area contributed by atoms with E-state index in [4.69, 9.17) is 14.2 Å². The average molecular weight is 683 g/mol. The van der Waals surface area contributed by atoms with E-state index >= 15 is 4.39 Å². The molecule has 0 aromatic heterocycles. The van der Waals surface area contributed by atoms with Gasteiger partial charge < -0.3 is 29.3 Å². The van der Waals surface area contributed by atoms with Crippen LogP contribution in [-0.2, 0) is 19.1 Å². The van der Waals surface area contributed by atoms with Crippen LogP contribution in [0.4, 0.5) is 14.5 Å². The predicted octanol–water partition coefficient (Wildman–Crippen LogP) is 4.75. The zero-order chi connectivity index (χ0) is 34.7. The summed E-state index contributed by atoms with van der Waals surface area (Å²) in [6, 6.07) is 12.5. The van der Waals surface area contributed by atoms with Crippen LogP contribution in [0.5, 0.6) is 5.75 Å². The SMILES string of the molecule is CNC(=O)C1CCN(c2cc(F)ccc2[C@H]2CN(C(=O)[C@]3(F)CN(C4CCC(OC)CC4)C[C@H]3c3ccc(OC)cc3)C[C@@H]2COC)CC1. The standard InChI is InChI=1S/C38H52F2N4O5/c1-41-36(45)26-15-17-42(18-16-26)35-19-28(39)7-14-32(35)33-21-43(20-27(33)23-47-2)37(46)38(40)24-44(29-8-12-31(49-4)13-9-29)22-34(38)25-5-10-30(48-3)11-6-25/h5-7,10-11,14,19,26-27,29,31,33-34H,8-9,12-13,15-18,20-24H2,1-4H3,(H,41,45)/t27-,29?,31?,33+,34+,38+/m1/s1. The Hall–Kier alpha value is -3.28. The molecule has 4 atom stereocenters. The highest BCUT2D eigenvalue weighted by Gasteiger charge is 2.57. The molecule has 49 heavy (non-hydrogen) atoms. The molecule has 0 unspecified atom stereocenters. The van der Waals surface area contributed by atoms with E-state index < -0.39 is 17.5 Å². The van der Waals surface area contributed by atoms with Crippen molar-refractivity contribution in [2.24, 2.45) is 11.8 Å². The summed E-state index contributed by atoms with van der Waals surface area (Å²) < 4.78 is 49.2. The summed E-state index contributed by atoms with van der Waals surface area (Å²) in [6.45, 7) is 2.82. The Morgan fingerprint density at radius 3 is 2.29 bits per heavy atom. The molecule has 1 aliphatic carbocycles. The number of alkyl halides is 1. The molecular weight excluding hydrogens is 630 g/mol. The molecule has 2 aromatic carbocycles. The van der Waals surface area contributed by atoms with Gasteiger partial charge in [0.05, 0.1) is 19.8 Å². The van der Waals surface area contributed by atoms with E-state index in [1.165, 1.54) is 6.07 Å². The Bertz CT molecular complexity index is 1450. The van der Waals surface area contributed by atoms with Crippen LogP contribution in [-0.4, -0.2) is 114 Å². The number of hydrogen-bond acceptors (Lipinski definition) is 7. The summed E-state index contributed by atoms with van der Waals surface area (Å²) in [5, 5.41) is 2.75. The molecule has 3 saturated heterocycles. The maximum Gasteiger partial charge on any atom is 0.262 e. The molecule has 0 spiro atoms. The Kier molecular flexibility index (Phi) is 11.1. The van der Waals surface area contributed by atoms with Gasteiger partial charge in [-0.15, -0.1) is 0 Å². The second-order valence-corrected chi connectivity index (χ2v) is 14.4. The van der Waals surface area contributed by atoms with Crippen molar-refractivity contribution in [3.63, 3.8) is 0 Å². The third kappa shape index (κ3) is 7.30. The fourth-order valence-corrected chi connectivity index (χ4v) is 8.92. The quantitative estimate of drug-likeness (QED) is 0.388. The highest BCUT2D eigenvalue weighted by Crippen LogP contribution is 2.46. The molecule has 6 rings (SSSR count). The first kappa shape index (κ1) is 35.5. The van der Waals surface area contributed by atoms with Gasteiger partial charge in [0.25, 0.3) is 5.91 Å². The van der Waals surface area contributed by atoms with Crippen molar-refractivity contribution in [3.8, 4) is 5.75 Å². The van der Waals surface area contributed by atoms with Crippen molar-refractivity contribution in [2.75, 3.05) is 79.2 Å². The van der Waals surface area contributed by atoms with E-state index in [0.29, 0.717) is 57.9 Å². The van der Waals surface area contributed by atoms with Crippen molar-refractivity contribution >= 4 is 17.5 Å². The number of amides is 2. The summed E-state index contributed by atoms with van der Waals surface area (Å²) in [5.74, 6) is -1.06. The number of rotatable bonds is 10. The summed E-state index contributed by atoms with van der Waals surface area (Å²) in [5.41, 5.74) is 0.377. The topological polar surface area (TPSA) is 83.6 Å². The molecule has 4 aliphatic rings. The van der Waals surface area contributed by atoms with Crippen molar-refractivity contribution in [3.05, 3.63) is 59.4 Å². The third-order valence-corrected chi connectivity index (χ3v) is 11.7. The molecule has 1 saturated carbocycles. The van der Waals surface area contributed by atoms with Crippen molar-refractivity contribution in [1.29, 1.82) is 0 Å². The Labute approximate surface area is 289 Å². The number of benzene rings is 2. The lowest BCUT2D eigenvalue weighted by Gasteiger charge is -2.35. The smallest absolute Gasteiger partial charge is 0.262 e. The molecule has 0 bridgehead atoms. The predicted molar refractivity (Wildman–Crippen MR) is 184 cm³/mol. The van der Waals surface area contributed by atoms with E-state index in [0.717, 1.165) is 42.5 Å². The van der Waals surface area contributed by atoms with E-state index in [-0.39, 0.29) is 48.2 Å². The Morgan fingerprint density at radius 1 is 0.939 bits per heavy atom. The van der Waals surface area contributed by atoms with Gasteiger partial charge in [-0.1, -0.05) is 18.2 Å². The second-order valence-electron chi connectivity index (χ2n) is 14.4. The minimum absolute atomic E-state index is 0.0328. The molecule has 0 radical (unpaired) electrons. The Balaban J connectivity index is 1.26. The summed E-state index contributed by atoms with van der Waals surface area (Å²) >= 11 is 0. The number of halogens is 2. The van der Waals surface area contributed by atoms with Crippen molar-refractivity contribution in [2.45, 2.75) is 68.2 Å². The fourth-order valence-electron chi connectivity index (χ4n) is 8.92. The van der Waals surface area contributed by atoms with E-state index in [2.05, 4.69) is 15.1 Å². The molecule has 2 amide bonds. The van der Waals surface area contributed by atoms with Gasteiger partial charge in [-0.3, -0.25) is 14.5 Å². The van der Waals surface area contributed by atoms with Gasteiger partial charge in [0.1, 0.15) is 11.6 Å². The van der Waals surface area contributed by atoms with E-state index in [1.54, 1.807) is 39.3 Å². The van der Waals surface area contributed by atoms with E-state index in [1.807, 2.05) is 30.3 Å². The first-order valence-electron chi connectivity index (χ1n) is 17.8. The van der Waals surface area contributed by atoms with Gasteiger partial charge in [0, 0.05) is 95.9 Å². The first-order chi connectivity index (χ1) is 23.7. The maximum atomic E-state index is 17.8. The van der Waals surface area contributed by atoms with Crippen LogP contribution in [0.25, 0.3) is 0 Å². The summed E-state index contributed by atoms with van der Waals surface area (Å²) in [6.07, 6.45) is 5.24. The van der Waals surface area contributed by atoms with Gasteiger partial charge in [0.15, 0.2) is 0 Å². The number of ether oxygens (including phenoxy) is 3. The molecule has 1 N–H and O–H groups in total. The van der Waals surface area contributed by atoms with Crippen LogP contribution in [0.3, 0.4) is 0 Å². The molecular formula is C38H52F2N4O5. The molecule has 3 heterocycles. The van der Waals surface area contributed by atoms with Crippen LogP contribution in [0.2, 0.25) is 0 Å². The zero-order valence-corrected chi connectivity index (χ0v) is 29.3. The lowest BCUT2D eigenvalue weighted by Crippen LogP contribution is -2.50. The maximum absolute atomic E-state index is 17.8. The first-order valence-corrected chi connectivity index (χ1v) is 17.8. The van der Waals surface area contributed by atoms with Crippen LogP contribution in [0, 0.1) is 17.7 Å². The summed E-state index contributed by atoms with van der Waals surface area (Å²) in [4.78, 5) is 33.0. The fraction of sp³-hybridized carbons (Fsp3) is 0.632. The number of anilines is 1. The molecule has 3 aliphatic heterocycles. The minimum atomic E-state index is -2.12. The average Bonchev–Trinajstić information content (AvgIpc) is 3.73. The lowest BCUT2D eigenvalue weighted by molar-refractivity contribution is -0.143. The van der Waals surface area contributed by atoms with Crippen LogP contribution in [0.1, 0.15) is 61.5 Å². The Morgan fingerprint density at radius 2 is 1.65 bits per heavy atom. The molecule has 9 nitrogen and oxygen atoms in total. The van der Waals surface area contributed by atoms with E-state index in [9.17, 15) is 14.0 Å². The number of hydrogen-bond donors (Lipinski definition) is 1. The van der Waals surface area contributed by atoms with Crippen LogP contribution >= 0.6 is 0 Å². The number of likely N-dealkylation sites (tertiary alicyclic amines) is 2. The number of nitrogens with zero attached hydrogens (tertiary/aromatic N) is 3. The molecule has 268 valence electrons. The molecule has 4 fully saturated rings. The van der Waals surface area contributed by atoms with Gasteiger partial charge in [-0.05, 0) is 73.9 Å². The number of carbonyl (C=O) groups is 2. The van der Waals surface area contributed by atoms with Crippen LogP contribution < -0.4 is 15.0 Å². The van der Waals surface area contributed by atoms with Gasteiger partial charge in [-0.2, -0.15) is 0 Å². The van der Waals surface area contributed by atoms with Gasteiger partial charge in [-0.25, -0.2) is 8.78 Å².